The number of nitrogens with two attached hydrogens (primary N) is 1. The van der Waals surface area contributed by atoms with E-state index in [1.807, 2.05) is 14.0 Å². The second-order valence-electron chi connectivity index (χ2n) is 6.07. The van der Waals surface area contributed by atoms with E-state index in [1.54, 1.807) is 11.3 Å². The highest BCUT2D eigenvalue weighted by molar-refractivity contribution is 7.09. The Bertz CT molecular complexity index is 585. The first-order valence-corrected chi connectivity index (χ1v) is 7.55. The molecular formula is C15H22N4S. The van der Waals surface area contributed by atoms with Gasteiger partial charge in [0.2, 0.25) is 0 Å². The first-order valence-electron chi connectivity index (χ1n) is 6.67. The highest BCUT2D eigenvalue weighted by Gasteiger charge is 2.21. The molecule has 0 radical (unpaired) electrons. The fourth-order valence-electron chi connectivity index (χ4n) is 1.94. The highest BCUT2D eigenvalue weighted by Crippen LogP contribution is 2.27. The fraction of sp³-hybridized carbons (Fsp3) is 0.467. The molecule has 20 heavy (non-hydrogen) atoms. The standard InChI is InChI=1S/C15H22N4S/c1-10-12(16)17-14(15(2,3)4)18-13(10)19(5)9-11-7-6-8-20-11/h6-8H,9H2,1-5H3,(H2,16,17,18). The summed E-state index contributed by atoms with van der Waals surface area (Å²) in [6, 6.07) is 4.20. The molecule has 0 aliphatic carbocycles. The van der Waals surface area contributed by atoms with Crippen molar-refractivity contribution in [3.63, 3.8) is 0 Å². The topological polar surface area (TPSA) is 55.0 Å². The van der Waals surface area contributed by atoms with Crippen molar-refractivity contribution in [2.75, 3.05) is 17.7 Å². The van der Waals surface area contributed by atoms with Crippen molar-refractivity contribution >= 4 is 23.0 Å². The number of rotatable bonds is 3. The van der Waals surface area contributed by atoms with Gasteiger partial charge in [-0.1, -0.05) is 26.8 Å². The van der Waals surface area contributed by atoms with Crippen LogP contribution in [0.15, 0.2) is 17.5 Å². The minimum absolute atomic E-state index is 0.111. The lowest BCUT2D eigenvalue weighted by Crippen LogP contribution is -2.24. The number of hydrogen-bond donors (Lipinski definition) is 1. The average molecular weight is 290 g/mol. The number of nitrogen functional groups attached to an aromatic ring is 1. The van der Waals surface area contributed by atoms with Gasteiger partial charge in [-0.15, -0.1) is 11.3 Å². The molecule has 2 heterocycles. The van der Waals surface area contributed by atoms with Crippen molar-refractivity contribution in [2.24, 2.45) is 0 Å². The second kappa shape index (κ2) is 5.40. The van der Waals surface area contributed by atoms with E-state index in [1.165, 1.54) is 4.88 Å². The van der Waals surface area contributed by atoms with Crippen LogP contribution in [0.2, 0.25) is 0 Å². The summed E-state index contributed by atoms with van der Waals surface area (Å²) in [4.78, 5) is 12.6. The van der Waals surface area contributed by atoms with E-state index in [0.29, 0.717) is 5.82 Å². The average Bonchev–Trinajstić information content (AvgIpc) is 2.83. The predicted octanol–water partition coefficient (Wildman–Crippen LogP) is 3.36. The van der Waals surface area contributed by atoms with E-state index in [-0.39, 0.29) is 5.41 Å². The van der Waals surface area contributed by atoms with Crippen LogP contribution in [0.25, 0.3) is 0 Å². The summed E-state index contributed by atoms with van der Waals surface area (Å²) in [5.74, 6) is 2.27. The molecule has 0 saturated carbocycles. The molecule has 0 aliphatic heterocycles. The van der Waals surface area contributed by atoms with Crippen LogP contribution >= 0.6 is 11.3 Å². The summed E-state index contributed by atoms with van der Waals surface area (Å²) >= 11 is 1.75. The normalized spacial score (nSPS) is 11.7. The Morgan fingerprint density at radius 1 is 1.30 bits per heavy atom. The molecule has 0 fully saturated rings. The zero-order valence-corrected chi connectivity index (χ0v) is 13.6. The van der Waals surface area contributed by atoms with Crippen molar-refractivity contribution < 1.29 is 0 Å². The number of nitrogens with zero attached hydrogens (tertiary/aromatic N) is 3. The molecule has 0 aliphatic rings. The molecule has 0 spiro atoms. The number of anilines is 2. The van der Waals surface area contributed by atoms with Crippen LogP contribution < -0.4 is 10.6 Å². The van der Waals surface area contributed by atoms with Gasteiger partial charge in [0, 0.05) is 22.9 Å². The van der Waals surface area contributed by atoms with Gasteiger partial charge in [0.25, 0.3) is 0 Å². The molecule has 0 amide bonds. The molecule has 2 N–H and O–H groups in total. The Morgan fingerprint density at radius 2 is 2.00 bits per heavy atom. The van der Waals surface area contributed by atoms with E-state index in [0.717, 1.165) is 23.8 Å². The Morgan fingerprint density at radius 3 is 2.55 bits per heavy atom. The van der Waals surface area contributed by atoms with E-state index in [9.17, 15) is 0 Å². The van der Waals surface area contributed by atoms with Crippen molar-refractivity contribution in [1.29, 1.82) is 0 Å². The lowest BCUT2D eigenvalue weighted by atomic mass is 9.95. The van der Waals surface area contributed by atoms with E-state index in [2.05, 4.69) is 48.2 Å². The second-order valence-corrected chi connectivity index (χ2v) is 7.10. The maximum absolute atomic E-state index is 6.05. The first-order chi connectivity index (χ1) is 9.29. The summed E-state index contributed by atoms with van der Waals surface area (Å²) in [6.45, 7) is 9.10. The zero-order chi connectivity index (χ0) is 14.9. The smallest absolute Gasteiger partial charge is 0.138 e. The number of hydrogen-bond acceptors (Lipinski definition) is 5. The van der Waals surface area contributed by atoms with Crippen molar-refractivity contribution in [2.45, 2.75) is 39.7 Å². The Hall–Kier alpha value is -1.62. The van der Waals surface area contributed by atoms with Gasteiger partial charge in [-0.05, 0) is 18.4 Å². The lowest BCUT2D eigenvalue weighted by Gasteiger charge is -2.24. The first kappa shape index (κ1) is 14.8. The van der Waals surface area contributed by atoms with Gasteiger partial charge in [0.15, 0.2) is 0 Å². The molecule has 0 atom stereocenters. The van der Waals surface area contributed by atoms with Gasteiger partial charge in [-0.2, -0.15) is 0 Å². The van der Waals surface area contributed by atoms with Crippen LogP contribution in [-0.4, -0.2) is 17.0 Å². The molecule has 0 unspecified atom stereocenters. The zero-order valence-electron chi connectivity index (χ0n) is 12.8. The summed E-state index contributed by atoms with van der Waals surface area (Å²) in [7, 11) is 2.04. The number of thiophene rings is 1. The van der Waals surface area contributed by atoms with Gasteiger partial charge in [-0.25, -0.2) is 9.97 Å². The quantitative estimate of drug-likeness (QED) is 0.941. The van der Waals surface area contributed by atoms with E-state index >= 15 is 0 Å². The van der Waals surface area contributed by atoms with Crippen LogP contribution in [-0.2, 0) is 12.0 Å². The minimum Gasteiger partial charge on any atom is -0.383 e. The maximum Gasteiger partial charge on any atom is 0.138 e. The molecule has 2 rings (SSSR count). The van der Waals surface area contributed by atoms with Gasteiger partial charge in [0.1, 0.15) is 17.5 Å². The van der Waals surface area contributed by atoms with E-state index in [4.69, 9.17) is 10.7 Å². The molecule has 0 bridgehead atoms. The SMILES string of the molecule is Cc1c(N)nc(C(C)(C)C)nc1N(C)Cc1cccs1. The van der Waals surface area contributed by atoms with Crippen molar-refractivity contribution in [1.82, 2.24) is 9.97 Å². The molecule has 2 aromatic heterocycles. The van der Waals surface area contributed by atoms with Crippen LogP contribution in [0.5, 0.6) is 0 Å². The number of aromatic nitrogens is 2. The van der Waals surface area contributed by atoms with Crippen LogP contribution in [0.3, 0.4) is 0 Å². The summed E-state index contributed by atoms with van der Waals surface area (Å²) < 4.78 is 0. The highest BCUT2D eigenvalue weighted by atomic mass is 32.1. The monoisotopic (exact) mass is 290 g/mol. The third kappa shape index (κ3) is 3.10. The largest absolute Gasteiger partial charge is 0.383 e. The van der Waals surface area contributed by atoms with Crippen LogP contribution in [0.4, 0.5) is 11.6 Å². The Kier molecular flexibility index (Phi) is 3.99. The van der Waals surface area contributed by atoms with Gasteiger partial charge in [-0.3, -0.25) is 0 Å². The molecule has 0 saturated heterocycles. The minimum atomic E-state index is -0.111. The van der Waals surface area contributed by atoms with Gasteiger partial charge < -0.3 is 10.6 Å². The molecule has 2 aromatic rings. The summed E-state index contributed by atoms with van der Waals surface area (Å²) in [5.41, 5.74) is 6.89. The van der Waals surface area contributed by atoms with Crippen LogP contribution in [0, 0.1) is 6.92 Å². The van der Waals surface area contributed by atoms with E-state index < -0.39 is 0 Å². The summed E-state index contributed by atoms with van der Waals surface area (Å²) in [6.07, 6.45) is 0. The van der Waals surface area contributed by atoms with Gasteiger partial charge >= 0.3 is 0 Å². The Balaban J connectivity index is 2.37. The van der Waals surface area contributed by atoms with Crippen LogP contribution in [0.1, 0.15) is 37.0 Å². The van der Waals surface area contributed by atoms with Crippen molar-refractivity contribution in [3.05, 3.63) is 33.8 Å². The Labute approximate surface area is 124 Å². The molecule has 5 heteroatoms. The lowest BCUT2D eigenvalue weighted by molar-refractivity contribution is 0.545. The van der Waals surface area contributed by atoms with Crippen molar-refractivity contribution in [3.8, 4) is 0 Å². The third-order valence-corrected chi connectivity index (χ3v) is 4.02. The predicted molar refractivity (Wildman–Crippen MR) is 86.3 cm³/mol. The third-order valence-electron chi connectivity index (χ3n) is 3.16. The molecule has 4 nitrogen and oxygen atoms in total. The molecule has 108 valence electrons. The maximum atomic E-state index is 6.05. The molecular weight excluding hydrogens is 268 g/mol. The fourth-order valence-corrected chi connectivity index (χ4v) is 2.70. The summed E-state index contributed by atoms with van der Waals surface area (Å²) in [5, 5.41) is 2.09. The van der Waals surface area contributed by atoms with Gasteiger partial charge in [0.05, 0.1) is 6.54 Å². The molecule has 0 aromatic carbocycles.